The lowest BCUT2D eigenvalue weighted by Gasteiger charge is -2.10. The lowest BCUT2D eigenvalue weighted by Crippen LogP contribution is -1.94. The first-order valence-corrected chi connectivity index (χ1v) is 9.27. The lowest BCUT2D eigenvalue weighted by molar-refractivity contribution is 0.719. The Balaban J connectivity index is 1.72. The first kappa shape index (κ1) is 11.4. The zero-order valence-electron chi connectivity index (χ0n) is 16.3. The largest absolute Gasteiger partial charge is 0.256 e. The summed E-state index contributed by atoms with van der Waals surface area (Å²) in [5, 5.41) is 2.38. The molecule has 0 saturated heterocycles. The highest BCUT2D eigenvalue weighted by Gasteiger charge is 2.17. The van der Waals surface area contributed by atoms with E-state index in [0.717, 1.165) is 41.3 Å². The molecule has 1 saturated carbocycles. The summed E-state index contributed by atoms with van der Waals surface area (Å²) in [5.74, 6) is -0.748. The summed E-state index contributed by atoms with van der Waals surface area (Å²) in [6.45, 7) is 0. The Morgan fingerprint density at radius 2 is 1.83 bits per heavy atom. The van der Waals surface area contributed by atoms with E-state index in [2.05, 4.69) is 23.2 Å². The number of fused-ring (bicyclic) bond motifs is 3. The maximum atomic E-state index is 8.70. The number of nitrogens with zero attached hydrogens (tertiary/aromatic N) is 1. The molecule has 0 bridgehead atoms. The van der Waals surface area contributed by atoms with Gasteiger partial charge >= 0.3 is 0 Å². The molecule has 118 valence electrons. The highest BCUT2D eigenvalue weighted by Crippen LogP contribution is 2.40. The van der Waals surface area contributed by atoms with E-state index in [1.807, 2.05) is 24.3 Å². The van der Waals surface area contributed by atoms with Crippen molar-refractivity contribution in [2.24, 2.45) is 0 Å². The van der Waals surface area contributed by atoms with Crippen LogP contribution in [0.25, 0.3) is 31.4 Å². The maximum Gasteiger partial charge on any atom is 0.0716 e. The summed E-state index contributed by atoms with van der Waals surface area (Å²) in [7, 11) is 0. The number of hydrogen-bond acceptors (Lipinski definition) is 2. The SMILES string of the molecule is [2H]c1c(C2([2H])CCCC2)cnc(-c2cccc3c2sc2ccccc23)c1[2H]. The minimum atomic E-state index is -0.748. The van der Waals surface area contributed by atoms with Gasteiger partial charge in [-0.3, -0.25) is 4.98 Å². The Kier molecular flexibility index (Phi) is 2.71. The molecule has 4 aromatic rings. The van der Waals surface area contributed by atoms with Gasteiger partial charge in [0.15, 0.2) is 0 Å². The Bertz CT molecular complexity index is 1180. The molecule has 1 nitrogen and oxygen atoms in total. The van der Waals surface area contributed by atoms with Crippen LogP contribution in [0.3, 0.4) is 0 Å². The predicted octanol–water partition coefficient (Wildman–Crippen LogP) is 6.77. The molecule has 0 radical (unpaired) electrons. The molecule has 0 N–H and O–H groups in total. The Labute approximate surface area is 150 Å². The van der Waals surface area contributed by atoms with Crippen molar-refractivity contribution in [2.45, 2.75) is 31.6 Å². The van der Waals surface area contributed by atoms with Crippen molar-refractivity contribution in [2.75, 3.05) is 0 Å². The minimum Gasteiger partial charge on any atom is -0.256 e. The van der Waals surface area contributed by atoms with Crippen molar-refractivity contribution in [1.82, 2.24) is 4.98 Å². The van der Waals surface area contributed by atoms with Gasteiger partial charge in [-0.15, -0.1) is 11.3 Å². The molecule has 1 fully saturated rings. The minimum absolute atomic E-state index is 0.135. The molecule has 0 amide bonds. The molecular weight excluding hydrogens is 310 g/mol. The fraction of sp³-hybridized carbons (Fsp3) is 0.227. The lowest BCUT2D eigenvalue weighted by atomic mass is 9.98. The number of aromatic nitrogens is 1. The Hall–Kier alpha value is -2.19. The summed E-state index contributed by atoms with van der Waals surface area (Å²) in [5.41, 5.74) is 2.06. The van der Waals surface area contributed by atoms with Crippen molar-refractivity contribution in [3.63, 3.8) is 0 Å². The summed E-state index contributed by atoms with van der Waals surface area (Å²) in [4.78, 5) is 4.60. The zero-order chi connectivity index (χ0) is 18.6. The van der Waals surface area contributed by atoms with Crippen LogP contribution in [-0.4, -0.2) is 4.98 Å². The van der Waals surface area contributed by atoms with Gasteiger partial charge in [-0.05, 0) is 36.4 Å². The third-order valence-electron chi connectivity index (χ3n) is 4.89. The van der Waals surface area contributed by atoms with E-state index in [0.29, 0.717) is 11.3 Å². The first-order valence-electron chi connectivity index (χ1n) is 9.96. The first-order chi connectivity index (χ1) is 13.1. The molecule has 1 aliphatic rings. The molecule has 2 heteroatoms. The summed E-state index contributed by atoms with van der Waals surface area (Å²) >= 11 is 1.70. The van der Waals surface area contributed by atoms with E-state index in [9.17, 15) is 0 Å². The average molecular weight is 332 g/mol. The molecule has 2 aromatic carbocycles. The monoisotopic (exact) mass is 332 g/mol. The Morgan fingerprint density at radius 3 is 2.75 bits per heavy atom. The third kappa shape index (κ3) is 2.25. The van der Waals surface area contributed by atoms with Crippen LogP contribution < -0.4 is 0 Å². The van der Waals surface area contributed by atoms with Crippen LogP contribution in [0.5, 0.6) is 0 Å². The van der Waals surface area contributed by atoms with E-state index >= 15 is 0 Å². The van der Waals surface area contributed by atoms with Crippen molar-refractivity contribution < 1.29 is 4.11 Å². The third-order valence-corrected chi connectivity index (χ3v) is 6.11. The molecule has 0 aliphatic heterocycles. The predicted molar refractivity (Wildman–Crippen MR) is 104 cm³/mol. The smallest absolute Gasteiger partial charge is 0.0716 e. The van der Waals surface area contributed by atoms with Crippen LogP contribution >= 0.6 is 11.3 Å². The van der Waals surface area contributed by atoms with E-state index in [1.165, 1.54) is 10.1 Å². The summed E-state index contributed by atoms with van der Waals surface area (Å²) < 4.78 is 28.2. The number of thiophene rings is 1. The molecule has 2 heterocycles. The average Bonchev–Trinajstić information content (AvgIpc) is 3.28. The highest BCUT2D eigenvalue weighted by molar-refractivity contribution is 7.26. The number of rotatable bonds is 2. The molecule has 1 aliphatic carbocycles. The molecule has 5 rings (SSSR count). The van der Waals surface area contributed by atoms with Gasteiger partial charge in [-0.1, -0.05) is 55.3 Å². The second kappa shape index (κ2) is 5.71. The summed E-state index contributed by atoms with van der Waals surface area (Å²) in [6, 6.07) is 14.7. The van der Waals surface area contributed by atoms with E-state index < -0.39 is 5.89 Å². The zero-order valence-corrected chi connectivity index (χ0v) is 14.1. The highest BCUT2D eigenvalue weighted by atomic mass is 32.1. The van der Waals surface area contributed by atoms with Gasteiger partial charge < -0.3 is 0 Å². The molecule has 0 atom stereocenters. The van der Waals surface area contributed by atoms with Gasteiger partial charge in [-0.2, -0.15) is 0 Å². The molecule has 24 heavy (non-hydrogen) atoms. The van der Waals surface area contributed by atoms with Crippen molar-refractivity contribution in [1.29, 1.82) is 0 Å². The van der Waals surface area contributed by atoms with Crippen molar-refractivity contribution in [3.05, 3.63) is 66.3 Å². The molecule has 0 spiro atoms. The van der Waals surface area contributed by atoms with E-state index in [-0.39, 0.29) is 12.1 Å². The van der Waals surface area contributed by atoms with Crippen LogP contribution in [0.15, 0.2) is 60.7 Å². The van der Waals surface area contributed by atoms with Gasteiger partial charge in [0.1, 0.15) is 0 Å². The van der Waals surface area contributed by atoms with E-state index in [4.69, 9.17) is 4.11 Å². The van der Waals surface area contributed by atoms with Gasteiger partial charge in [0.25, 0.3) is 0 Å². The second-order valence-electron chi connectivity index (χ2n) is 6.36. The number of pyridine rings is 1. The van der Waals surface area contributed by atoms with Gasteiger partial charge in [0, 0.05) is 33.3 Å². The normalized spacial score (nSPS) is 18.6. The van der Waals surface area contributed by atoms with Gasteiger partial charge in [0.2, 0.25) is 0 Å². The van der Waals surface area contributed by atoms with Crippen molar-refractivity contribution >= 4 is 31.5 Å². The second-order valence-corrected chi connectivity index (χ2v) is 7.41. The summed E-state index contributed by atoms with van der Waals surface area (Å²) in [6.07, 6.45) is 5.22. The van der Waals surface area contributed by atoms with Gasteiger partial charge in [-0.25, -0.2) is 0 Å². The molecule has 2 aromatic heterocycles. The van der Waals surface area contributed by atoms with E-state index in [1.54, 1.807) is 17.5 Å². The quantitative estimate of drug-likeness (QED) is 0.394. The van der Waals surface area contributed by atoms with Gasteiger partial charge in [0.05, 0.1) is 8.44 Å². The maximum absolute atomic E-state index is 8.70. The van der Waals surface area contributed by atoms with Crippen molar-refractivity contribution in [3.8, 4) is 11.3 Å². The van der Waals surface area contributed by atoms with Crippen LogP contribution in [0.1, 0.15) is 41.3 Å². The van der Waals surface area contributed by atoms with Crippen LogP contribution in [0.2, 0.25) is 0 Å². The molecule has 0 unspecified atom stereocenters. The fourth-order valence-corrected chi connectivity index (χ4v) is 4.86. The molecular formula is C22H19NS. The van der Waals surface area contributed by atoms with Crippen LogP contribution in [-0.2, 0) is 0 Å². The number of benzene rings is 2. The van der Waals surface area contributed by atoms with Crippen LogP contribution in [0, 0.1) is 0 Å². The number of hydrogen-bond donors (Lipinski definition) is 0. The van der Waals surface area contributed by atoms with Crippen LogP contribution in [0.4, 0.5) is 0 Å². The standard InChI is InChI=1S/C22H19NS/c1-2-7-15(6-1)16-12-13-20(23-14-16)19-10-5-9-18-17-8-3-4-11-21(17)24-22(18)19/h3-5,8-15H,1-2,6-7H2/i12D,13D,15D. The fourth-order valence-electron chi connectivity index (χ4n) is 3.64. The topological polar surface area (TPSA) is 12.9 Å². The Morgan fingerprint density at radius 1 is 1.00 bits per heavy atom.